The van der Waals surface area contributed by atoms with Crippen molar-refractivity contribution in [2.75, 3.05) is 38.8 Å². The highest BCUT2D eigenvalue weighted by atomic mass is 32.1. The summed E-state index contributed by atoms with van der Waals surface area (Å²) in [6.07, 6.45) is 0.995. The molecule has 0 spiro atoms. The molecule has 1 unspecified atom stereocenters. The lowest BCUT2D eigenvalue weighted by Gasteiger charge is -2.35. The molecule has 1 saturated heterocycles. The number of anilines is 2. The average Bonchev–Trinajstić information content (AvgIpc) is 3.03. The lowest BCUT2D eigenvalue weighted by atomic mass is 10.1. The molecule has 24 heavy (non-hydrogen) atoms. The topological polar surface area (TPSA) is 46.6 Å². The maximum atomic E-state index is 5.61. The third-order valence-corrected chi connectivity index (χ3v) is 5.03. The minimum absolute atomic E-state index is 0.411. The van der Waals surface area contributed by atoms with E-state index in [1.165, 1.54) is 5.56 Å². The number of ether oxygens (including phenoxy) is 2. The van der Waals surface area contributed by atoms with Gasteiger partial charge in [-0.25, -0.2) is 4.98 Å². The fourth-order valence-corrected chi connectivity index (χ4v) is 3.54. The highest BCUT2D eigenvalue weighted by Gasteiger charge is 2.23. The van der Waals surface area contributed by atoms with E-state index in [0.29, 0.717) is 6.04 Å². The van der Waals surface area contributed by atoms with E-state index in [0.717, 1.165) is 55.8 Å². The average molecular weight is 347 g/mol. The van der Waals surface area contributed by atoms with Crippen molar-refractivity contribution < 1.29 is 9.47 Å². The van der Waals surface area contributed by atoms with Gasteiger partial charge in [-0.15, -0.1) is 11.3 Å². The summed E-state index contributed by atoms with van der Waals surface area (Å²) in [5, 5.41) is 6.46. The second kappa shape index (κ2) is 8.58. The van der Waals surface area contributed by atoms with Crippen LogP contribution in [0.3, 0.4) is 0 Å². The van der Waals surface area contributed by atoms with Gasteiger partial charge in [0, 0.05) is 43.9 Å². The Bertz CT molecular complexity index is 629. The summed E-state index contributed by atoms with van der Waals surface area (Å²) in [6, 6.07) is 8.78. The van der Waals surface area contributed by atoms with Gasteiger partial charge in [-0.2, -0.15) is 0 Å². The van der Waals surface area contributed by atoms with E-state index < -0.39 is 0 Å². The first-order valence-corrected chi connectivity index (χ1v) is 9.21. The number of hydrogen-bond donors (Lipinski definition) is 1. The number of benzene rings is 1. The van der Waals surface area contributed by atoms with Crippen molar-refractivity contribution in [2.24, 2.45) is 0 Å². The number of nitrogens with zero attached hydrogens (tertiary/aromatic N) is 2. The minimum Gasteiger partial charge on any atom is -0.385 e. The fraction of sp³-hybridized carbons (Fsp3) is 0.500. The molecule has 1 aliphatic rings. The molecule has 1 aromatic heterocycles. The third-order valence-electron chi connectivity index (χ3n) is 4.22. The van der Waals surface area contributed by atoms with Crippen LogP contribution in [0.4, 0.5) is 10.8 Å². The number of thiazole rings is 1. The largest absolute Gasteiger partial charge is 0.385 e. The molecule has 3 rings (SSSR count). The highest BCUT2D eigenvalue weighted by Crippen LogP contribution is 2.23. The molecule has 0 bridgehead atoms. The van der Waals surface area contributed by atoms with Gasteiger partial charge in [0.2, 0.25) is 0 Å². The molecule has 130 valence electrons. The lowest BCUT2D eigenvalue weighted by molar-refractivity contribution is -0.0222. The van der Waals surface area contributed by atoms with Gasteiger partial charge in [0.25, 0.3) is 0 Å². The molecular formula is C18H25N3O2S. The van der Waals surface area contributed by atoms with Crippen LogP contribution < -0.4 is 5.32 Å². The molecule has 5 nitrogen and oxygen atoms in total. The van der Waals surface area contributed by atoms with Gasteiger partial charge in [-0.1, -0.05) is 17.7 Å². The van der Waals surface area contributed by atoms with Crippen LogP contribution in [-0.2, 0) is 16.0 Å². The number of hydrogen-bond acceptors (Lipinski definition) is 6. The van der Waals surface area contributed by atoms with Gasteiger partial charge in [0.15, 0.2) is 5.13 Å². The van der Waals surface area contributed by atoms with Crippen LogP contribution in [0.15, 0.2) is 29.6 Å². The predicted octanol–water partition coefficient (Wildman–Crippen LogP) is 3.43. The van der Waals surface area contributed by atoms with Gasteiger partial charge in [-0.3, -0.25) is 4.90 Å². The summed E-state index contributed by atoms with van der Waals surface area (Å²) in [6.45, 7) is 6.25. The van der Waals surface area contributed by atoms with Gasteiger partial charge >= 0.3 is 0 Å². The maximum absolute atomic E-state index is 5.61. The monoisotopic (exact) mass is 347 g/mol. The van der Waals surface area contributed by atoms with Crippen molar-refractivity contribution in [1.82, 2.24) is 9.88 Å². The van der Waals surface area contributed by atoms with E-state index in [1.807, 2.05) is 0 Å². The Morgan fingerprint density at radius 2 is 2.21 bits per heavy atom. The number of methoxy groups -OCH3 is 1. The number of rotatable bonds is 7. The standard InChI is InChI=1S/C18H25N3O2S/c1-14-3-5-15(6-4-14)19-18-20-16(13-24-18)11-21-8-10-23-12-17(21)7-9-22-2/h3-6,13,17H,7-12H2,1-2H3,(H,19,20). The summed E-state index contributed by atoms with van der Waals surface area (Å²) in [7, 11) is 1.75. The summed E-state index contributed by atoms with van der Waals surface area (Å²) in [4.78, 5) is 7.18. The van der Waals surface area contributed by atoms with Crippen LogP contribution in [0.25, 0.3) is 0 Å². The summed E-state index contributed by atoms with van der Waals surface area (Å²) in [5.74, 6) is 0. The zero-order valence-corrected chi connectivity index (χ0v) is 15.1. The SMILES string of the molecule is COCCC1COCCN1Cc1csc(Nc2ccc(C)cc2)n1. The second-order valence-electron chi connectivity index (χ2n) is 6.12. The van der Waals surface area contributed by atoms with Crippen LogP contribution in [0, 0.1) is 6.92 Å². The Morgan fingerprint density at radius 1 is 1.38 bits per heavy atom. The fourth-order valence-electron chi connectivity index (χ4n) is 2.82. The Hall–Kier alpha value is -1.47. The zero-order valence-electron chi connectivity index (χ0n) is 14.3. The molecule has 0 saturated carbocycles. The maximum Gasteiger partial charge on any atom is 0.187 e. The lowest BCUT2D eigenvalue weighted by Crippen LogP contribution is -2.45. The van der Waals surface area contributed by atoms with Crippen LogP contribution in [-0.4, -0.2) is 49.4 Å². The molecule has 0 radical (unpaired) electrons. The predicted molar refractivity (Wildman–Crippen MR) is 98.1 cm³/mol. The summed E-state index contributed by atoms with van der Waals surface area (Å²) in [5.41, 5.74) is 3.44. The van der Waals surface area contributed by atoms with Gasteiger partial charge < -0.3 is 14.8 Å². The number of aryl methyl sites for hydroxylation is 1. The van der Waals surface area contributed by atoms with Crippen molar-refractivity contribution in [3.05, 3.63) is 40.9 Å². The first-order chi connectivity index (χ1) is 11.7. The molecule has 1 aliphatic heterocycles. The highest BCUT2D eigenvalue weighted by molar-refractivity contribution is 7.13. The third kappa shape index (κ3) is 4.77. The van der Waals surface area contributed by atoms with E-state index in [1.54, 1.807) is 18.4 Å². The molecule has 1 N–H and O–H groups in total. The van der Waals surface area contributed by atoms with E-state index >= 15 is 0 Å². The number of nitrogens with one attached hydrogen (secondary N) is 1. The van der Waals surface area contributed by atoms with Crippen LogP contribution >= 0.6 is 11.3 Å². The molecule has 0 aliphatic carbocycles. The Morgan fingerprint density at radius 3 is 3.00 bits per heavy atom. The molecule has 0 amide bonds. The van der Waals surface area contributed by atoms with Gasteiger partial charge in [-0.05, 0) is 25.5 Å². The zero-order chi connectivity index (χ0) is 16.8. The minimum atomic E-state index is 0.411. The van der Waals surface area contributed by atoms with Crippen LogP contribution in [0.1, 0.15) is 17.7 Å². The van der Waals surface area contributed by atoms with Gasteiger partial charge in [0.1, 0.15) is 0 Å². The van der Waals surface area contributed by atoms with Gasteiger partial charge in [0.05, 0.1) is 18.9 Å². The summed E-state index contributed by atoms with van der Waals surface area (Å²) >= 11 is 1.65. The summed E-state index contributed by atoms with van der Waals surface area (Å²) < 4.78 is 10.8. The number of aromatic nitrogens is 1. The molecule has 1 aromatic carbocycles. The number of morpholine rings is 1. The second-order valence-corrected chi connectivity index (χ2v) is 6.97. The van der Waals surface area contributed by atoms with Crippen molar-refractivity contribution in [2.45, 2.75) is 25.9 Å². The Labute approximate surface area is 147 Å². The Kier molecular flexibility index (Phi) is 6.20. The van der Waals surface area contributed by atoms with Crippen LogP contribution in [0.2, 0.25) is 0 Å². The van der Waals surface area contributed by atoms with Crippen molar-refractivity contribution >= 4 is 22.2 Å². The molecule has 6 heteroatoms. The molecule has 2 heterocycles. The quantitative estimate of drug-likeness (QED) is 0.831. The normalized spacial score (nSPS) is 18.7. The van der Waals surface area contributed by atoms with E-state index in [9.17, 15) is 0 Å². The van der Waals surface area contributed by atoms with Crippen molar-refractivity contribution in [3.8, 4) is 0 Å². The molecular weight excluding hydrogens is 322 g/mol. The van der Waals surface area contributed by atoms with E-state index in [2.05, 4.69) is 46.8 Å². The first-order valence-electron chi connectivity index (χ1n) is 8.33. The first kappa shape index (κ1) is 17.4. The van der Waals surface area contributed by atoms with Crippen molar-refractivity contribution in [1.29, 1.82) is 0 Å². The molecule has 1 fully saturated rings. The molecule has 2 aromatic rings. The van der Waals surface area contributed by atoms with Crippen molar-refractivity contribution in [3.63, 3.8) is 0 Å². The Balaban J connectivity index is 1.59. The molecule has 1 atom stereocenters. The van der Waals surface area contributed by atoms with E-state index in [-0.39, 0.29) is 0 Å². The van der Waals surface area contributed by atoms with E-state index in [4.69, 9.17) is 14.5 Å². The smallest absolute Gasteiger partial charge is 0.187 e. The van der Waals surface area contributed by atoms with Crippen LogP contribution in [0.5, 0.6) is 0 Å².